The Labute approximate surface area is 147 Å². The molecule has 4 bridgehead atoms. The van der Waals surface area contributed by atoms with Crippen molar-refractivity contribution in [2.75, 3.05) is 7.11 Å². The lowest BCUT2D eigenvalue weighted by Crippen LogP contribution is -2.27. The molecule has 0 saturated heterocycles. The Morgan fingerprint density at radius 1 is 0.920 bits per heavy atom. The molecular weight excluding hydrogens is 320 g/mol. The van der Waals surface area contributed by atoms with E-state index in [1.54, 1.807) is 24.3 Å². The van der Waals surface area contributed by atoms with Crippen molar-refractivity contribution in [1.82, 2.24) is 0 Å². The van der Waals surface area contributed by atoms with E-state index < -0.39 is 12.2 Å². The molecule has 0 aromatic heterocycles. The molecular formula is C20H24O5. The van der Waals surface area contributed by atoms with Gasteiger partial charge in [-0.3, -0.25) is 0 Å². The van der Waals surface area contributed by atoms with Crippen molar-refractivity contribution >= 4 is 0 Å². The van der Waals surface area contributed by atoms with Gasteiger partial charge in [-0.15, -0.1) is 0 Å². The molecule has 0 radical (unpaired) electrons. The molecule has 5 nitrogen and oxygen atoms in total. The summed E-state index contributed by atoms with van der Waals surface area (Å²) >= 11 is 0. The number of aryl methyl sites for hydroxylation is 1. The van der Waals surface area contributed by atoms with Crippen LogP contribution in [-0.2, 0) is 12.8 Å². The molecule has 0 heterocycles. The van der Waals surface area contributed by atoms with Crippen molar-refractivity contribution < 1.29 is 25.2 Å². The highest BCUT2D eigenvalue weighted by Crippen LogP contribution is 2.42. The minimum absolute atomic E-state index is 0.0193. The van der Waals surface area contributed by atoms with Crippen molar-refractivity contribution in [2.24, 2.45) is 0 Å². The number of phenolic OH excluding ortho intramolecular Hbond substituents is 2. The minimum Gasteiger partial charge on any atom is -0.507 e. The predicted molar refractivity (Wildman–Crippen MR) is 95.0 cm³/mol. The number of hydrogen-bond acceptors (Lipinski definition) is 5. The van der Waals surface area contributed by atoms with Gasteiger partial charge in [0.1, 0.15) is 5.75 Å². The number of ether oxygens (including phenoxy) is 1. The van der Waals surface area contributed by atoms with Crippen molar-refractivity contribution in [3.05, 3.63) is 41.5 Å². The topological polar surface area (TPSA) is 90.2 Å². The van der Waals surface area contributed by atoms with E-state index in [0.29, 0.717) is 23.3 Å². The lowest BCUT2D eigenvalue weighted by Gasteiger charge is -2.18. The van der Waals surface area contributed by atoms with Crippen LogP contribution >= 0.6 is 0 Å². The SMILES string of the molecule is COc1cc2cc(c1O)-c1cc(ccc1O)C[C@H](O)[C@@H](O)CCCC2. The van der Waals surface area contributed by atoms with Crippen LogP contribution in [0.1, 0.15) is 30.4 Å². The summed E-state index contributed by atoms with van der Waals surface area (Å²) in [5, 5.41) is 41.2. The first-order valence-electron chi connectivity index (χ1n) is 8.58. The van der Waals surface area contributed by atoms with Crippen LogP contribution in [0.2, 0.25) is 0 Å². The van der Waals surface area contributed by atoms with E-state index in [0.717, 1.165) is 30.4 Å². The van der Waals surface area contributed by atoms with Gasteiger partial charge >= 0.3 is 0 Å². The molecule has 3 rings (SSSR count). The second-order valence-electron chi connectivity index (χ2n) is 6.63. The van der Waals surface area contributed by atoms with Crippen LogP contribution in [0.25, 0.3) is 11.1 Å². The lowest BCUT2D eigenvalue weighted by atomic mass is 9.95. The fourth-order valence-electron chi connectivity index (χ4n) is 3.35. The normalized spacial score (nSPS) is 20.9. The minimum atomic E-state index is -0.857. The number of rotatable bonds is 1. The molecule has 2 atom stereocenters. The van der Waals surface area contributed by atoms with Gasteiger partial charge in [0, 0.05) is 17.5 Å². The zero-order valence-corrected chi connectivity index (χ0v) is 14.3. The van der Waals surface area contributed by atoms with Gasteiger partial charge in [0.05, 0.1) is 19.3 Å². The molecule has 0 unspecified atom stereocenters. The van der Waals surface area contributed by atoms with E-state index in [4.69, 9.17) is 4.74 Å². The Balaban J connectivity index is 2.15. The summed E-state index contributed by atoms with van der Waals surface area (Å²) in [6.07, 6.45) is 1.58. The van der Waals surface area contributed by atoms with E-state index >= 15 is 0 Å². The van der Waals surface area contributed by atoms with Gasteiger partial charge in [-0.05, 0) is 54.7 Å². The lowest BCUT2D eigenvalue weighted by molar-refractivity contribution is 0.0138. The number of aliphatic hydroxyl groups is 2. The second kappa shape index (κ2) is 7.33. The second-order valence-corrected chi connectivity index (χ2v) is 6.63. The first-order chi connectivity index (χ1) is 12.0. The average molecular weight is 344 g/mol. The number of hydrogen-bond donors (Lipinski definition) is 4. The van der Waals surface area contributed by atoms with Gasteiger partial charge in [0.2, 0.25) is 0 Å². The fraction of sp³-hybridized carbons (Fsp3) is 0.400. The predicted octanol–water partition coefficient (Wildman–Crippen LogP) is 2.76. The van der Waals surface area contributed by atoms with Crippen LogP contribution in [-0.4, -0.2) is 39.7 Å². The van der Waals surface area contributed by atoms with Gasteiger partial charge in [-0.1, -0.05) is 12.5 Å². The third-order valence-corrected chi connectivity index (χ3v) is 4.81. The molecule has 1 aliphatic carbocycles. The maximum absolute atomic E-state index is 10.5. The molecule has 0 spiro atoms. The highest BCUT2D eigenvalue weighted by molar-refractivity contribution is 5.79. The summed E-state index contributed by atoms with van der Waals surface area (Å²) in [6.45, 7) is 0. The van der Waals surface area contributed by atoms with Gasteiger partial charge in [0.25, 0.3) is 0 Å². The molecule has 1 aliphatic rings. The molecule has 4 N–H and O–H groups in total. The third kappa shape index (κ3) is 3.72. The van der Waals surface area contributed by atoms with E-state index in [1.165, 1.54) is 7.11 Å². The third-order valence-electron chi connectivity index (χ3n) is 4.81. The van der Waals surface area contributed by atoms with Crippen LogP contribution in [0.4, 0.5) is 0 Å². The summed E-state index contributed by atoms with van der Waals surface area (Å²) in [6, 6.07) is 8.65. The van der Waals surface area contributed by atoms with Crippen LogP contribution in [0.3, 0.4) is 0 Å². The van der Waals surface area contributed by atoms with Crippen molar-refractivity contribution in [2.45, 2.75) is 44.3 Å². The summed E-state index contributed by atoms with van der Waals surface area (Å²) < 4.78 is 5.29. The number of fused-ring (bicyclic) bond motifs is 5. The quantitative estimate of drug-likeness (QED) is 0.639. The summed E-state index contributed by atoms with van der Waals surface area (Å²) in [4.78, 5) is 0. The van der Waals surface area contributed by atoms with E-state index in [9.17, 15) is 20.4 Å². The Bertz CT molecular complexity index is 756. The first kappa shape index (κ1) is 17.6. The van der Waals surface area contributed by atoms with Crippen molar-refractivity contribution in [3.8, 4) is 28.4 Å². The molecule has 0 saturated carbocycles. The molecule has 0 amide bonds. The highest BCUT2D eigenvalue weighted by Gasteiger charge is 2.20. The van der Waals surface area contributed by atoms with Crippen LogP contribution in [0.5, 0.6) is 17.2 Å². The standard InChI is InChI=1S/C20H24O5/c1-25-19-11-12-4-2-3-5-17(22)18(23)10-13-6-7-16(21)14(8-13)15(9-12)20(19)24/h6-9,11,17-18,21-24H,2-5,10H2,1H3/t17-,18-/m0/s1. The van der Waals surface area contributed by atoms with E-state index in [-0.39, 0.29) is 17.9 Å². The Kier molecular flexibility index (Phi) is 5.16. The molecule has 0 fully saturated rings. The number of aliphatic hydroxyl groups excluding tert-OH is 2. The van der Waals surface area contributed by atoms with Crippen molar-refractivity contribution in [3.63, 3.8) is 0 Å². The first-order valence-corrected chi connectivity index (χ1v) is 8.58. The Morgan fingerprint density at radius 2 is 1.68 bits per heavy atom. The maximum atomic E-state index is 10.5. The summed E-state index contributed by atoms with van der Waals surface area (Å²) in [5.74, 6) is 0.393. The van der Waals surface area contributed by atoms with E-state index in [2.05, 4.69) is 0 Å². The largest absolute Gasteiger partial charge is 0.507 e. The summed E-state index contributed by atoms with van der Waals surface area (Å²) in [7, 11) is 1.50. The van der Waals surface area contributed by atoms with Gasteiger partial charge in [-0.2, -0.15) is 0 Å². The molecule has 5 heteroatoms. The smallest absolute Gasteiger partial charge is 0.165 e. The number of phenols is 2. The van der Waals surface area contributed by atoms with Gasteiger partial charge < -0.3 is 25.2 Å². The van der Waals surface area contributed by atoms with E-state index in [1.807, 2.05) is 6.07 Å². The monoisotopic (exact) mass is 344 g/mol. The zero-order chi connectivity index (χ0) is 18.0. The fourth-order valence-corrected chi connectivity index (χ4v) is 3.35. The highest BCUT2D eigenvalue weighted by atomic mass is 16.5. The van der Waals surface area contributed by atoms with Crippen molar-refractivity contribution in [1.29, 1.82) is 0 Å². The Hall–Kier alpha value is -2.24. The number of benzene rings is 2. The number of methoxy groups -OCH3 is 1. The number of aromatic hydroxyl groups is 2. The molecule has 2 aromatic carbocycles. The molecule has 25 heavy (non-hydrogen) atoms. The molecule has 2 aromatic rings. The zero-order valence-electron chi connectivity index (χ0n) is 14.3. The van der Waals surface area contributed by atoms with Gasteiger partial charge in [0.15, 0.2) is 11.5 Å². The average Bonchev–Trinajstić information content (AvgIpc) is 2.61. The maximum Gasteiger partial charge on any atom is 0.165 e. The molecule has 134 valence electrons. The molecule has 0 aliphatic heterocycles. The van der Waals surface area contributed by atoms with Crippen LogP contribution in [0, 0.1) is 0 Å². The van der Waals surface area contributed by atoms with Crippen LogP contribution < -0.4 is 4.74 Å². The van der Waals surface area contributed by atoms with Gasteiger partial charge in [-0.25, -0.2) is 0 Å². The Morgan fingerprint density at radius 3 is 2.44 bits per heavy atom. The summed E-state index contributed by atoms with van der Waals surface area (Å²) in [5.41, 5.74) is 2.75. The van der Waals surface area contributed by atoms with Crippen LogP contribution in [0.15, 0.2) is 30.3 Å².